The van der Waals surface area contributed by atoms with E-state index in [0.29, 0.717) is 0 Å². The third-order valence-corrected chi connectivity index (χ3v) is 13.7. The van der Waals surface area contributed by atoms with E-state index in [9.17, 15) is 0 Å². The minimum absolute atomic E-state index is 0.141. The average Bonchev–Trinajstić information content (AvgIpc) is 3.84. The van der Waals surface area contributed by atoms with Crippen molar-refractivity contribution < 1.29 is 0 Å². The summed E-state index contributed by atoms with van der Waals surface area (Å²) in [7, 11) is 0. The molecule has 0 radical (unpaired) electrons. The molecule has 9 aromatic carbocycles. The van der Waals surface area contributed by atoms with E-state index in [4.69, 9.17) is 0 Å². The summed E-state index contributed by atoms with van der Waals surface area (Å²) in [6.45, 7) is 9.57. The Balaban J connectivity index is 1.19. The van der Waals surface area contributed by atoms with Crippen LogP contribution >= 0.6 is 0 Å². The molecule has 2 aliphatic rings. The van der Waals surface area contributed by atoms with Crippen LogP contribution in [0.3, 0.4) is 0 Å². The Hall–Kier alpha value is -7.16. The van der Waals surface area contributed by atoms with Crippen molar-refractivity contribution in [1.29, 1.82) is 0 Å². The summed E-state index contributed by atoms with van der Waals surface area (Å²) in [5.41, 5.74) is 19.9. The van der Waals surface area contributed by atoms with Crippen molar-refractivity contribution in [3.05, 3.63) is 216 Å². The molecular weight excluding hydrogens is 725 g/mol. The molecule has 0 bridgehead atoms. The van der Waals surface area contributed by atoms with E-state index in [0.717, 1.165) is 11.4 Å². The number of para-hydroxylation sites is 2. The summed E-state index contributed by atoms with van der Waals surface area (Å²) in [5, 5.41) is 4.95. The molecule has 0 saturated heterocycles. The first-order valence-electron chi connectivity index (χ1n) is 21.2. The van der Waals surface area contributed by atoms with Gasteiger partial charge in [-0.1, -0.05) is 173 Å². The van der Waals surface area contributed by atoms with E-state index >= 15 is 0 Å². The maximum Gasteiger partial charge on any atom is 0.0543 e. The first kappa shape index (κ1) is 34.8. The molecule has 10 aromatic rings. The van der Waals surface area contributed by atoms with Crippen LogP contribution in [0, 0.1) is 0 Å². The van der Waals surface area contributed by atoms with Gasteiger partial charge in [-0.2, -0.15) is 0 Å². The van der Waals surface area contributed by atoms with Crippen molar-refractivity contribution in [3.63, 3.8) is 0 Å². The van der Waals surface area contributed by atoms with Crippen LogP contribution in [0.5, 0.6) is 0 Å². The maximum absolute atomic E-state index is 2.60. The molecule has 2 aliphatic carbocycles. The van der Waals surface area contributed by atoms with E-state index in [2.05, 4.69) is 231 Å². The summed E-state index contributed by atoms with van der Waals surface area (Å²) >= 11 is 0. The number of hydrogen-bond acceptors (Lipinski definition) is 1. The van der Waals surface area contributed by atoms with Gasteiger partial charge in [0.05, 0.1) is 22.4 Å². The van der Waals surface area contributed by atoms with Gasteiger partial charge in [0.1, 0.15) is 0 Å². The number of nitrogens with zero attached hydrogens (tertiary/aromatic N) is 2. The lowest BCUT2D eigenvalue weighted by Gasteiger charge is -2.34. The van der Waals surface area contributed by atoms with Crippen LogP contribution in [-0.2, 0) is 10.8 Å². The molecular formula is C58H44N2. The van der Waals surface area contributed by atoms with Gasteiger partial charge in [-0.25, -0.2) is 0 Å². The van der Waals surface area contributed by atoms with Crippen molar-refractivity contribution in [1.82, 2.24) is 4.57 Å². The van der Waals surface area contributed by atoms with Crippen molar-refractivity contribution >= 4 is 49.6 Å². The van der Waals surface area contributed by atoms with Gasteiger partial charge in [-0.15, -0.1) is 0 Å². The van der Waals surface area contributed by atoms with Crippen LogP contribution in [0.4, 0.5) is 17.1 Å². The maximum atomic E-state index is 2.60. The molecule has 0 saturated carbocycles. The fraction of sp³-hybridized carbons (Fsp3) is 0.103. The first-order valence-corrected chi connectivity index (χ1v) is 21.2. The molecule has 0 spiro atoms. The van der Waals surface area contributed by atoms with Crippen LogP contribution < -0.4 is 4.90 Å². The van der Waals surface area contributed by atoms with Crippen LogP contribution in [0.25, 0.3) is 71.6 Å². The smallest absolute Gasteiger partial charge is 0.0543 e. The van der Waals surface area contributed by atoms with E-state index in [1.54, 1.807) is 0 Å². The molecule has 286 valence electrons. The molecule has 12 rings (SSSR count). The minimum atomic E-state index is -0.223. The highest BCUT2D eigenvalue weighted by atomic mass is 15.2. The molecule has 0 unspecified atom stereocenters. The van der Waals surface area contributed by atoms with Gasteiger partial charge in [-0.05, 0) is 109 Å². The molecule has 0 atom stereocenters. The summed E-state index contributed by atoms with van der Waals surface area (Å²) in [6, 6.07) is 72.4. The summed E-state index contributed by atoms with van der Waals surface area (Å²) in [4.78, 5) is 2.60. The van der Waals surface area contributed by atoms with Gasteiger partial charge in [0.25, 0.3) is 0 Å². The number of aromatic nitrogens is 1. The molecule has 2 heteroatoms. The highest BCUT2D eigenvalue weighted by Gasteiger charge is 2.41. The van der Waals surface area contributed by atoms with Crippen LogP contribution in [-0.4, -0.2) is 4.57 Å². The standard InChI is InChI=1S/C58H44N2/c1-57(2)49-26-13-9-23-46(49)55-50(57)27-17-30-53(55)60(54-31-16-24-45-42-20-8-12-25-48(42)58(3,4)56(45)54)40-35-38-34-39(32-33-41(38)47(36-40)37-18-6-5-7-19-37)59-51-28-14-10-21-43(51)44-22-11-15-29-52(44)59/h5-36H,1-4H3. The number of benzene rings is 9. The quantitative estimate of drug-likeness (QED) is 0.169. The van der Waals surface area contributed by atoms with Crippen LogP contribution in [0.1, 0.15) is 49.9 Å². The largest absolute Gasteiger partial charge is 0.309 e. The van der Waals surface area contributed by atoms with Crippen LogP contribution in [0.2, 0.25) is 0 Å². The van der Waals surface area contributed by atoms with Gasteiger partial charge in [0.2, 0.25) is 0 Å². The summed E-state index contributed by atoms with van der Waals surface area (Å²) in [5.74, 6) is 0. The van der Waals surface area contributed by atoms with Crippen LogP contribution in [0.15, 0.2) is 194 Å². The zero-order chi connectivity index (χ0) is 40.3. The fourth-order valence-corrected chi connectivity index (χ4v) is 11.0. The first-order chi connectivity index (χ1) is 29.3. The summed E-state index contributed by atoms with van der Waals surface area (Å²) in [6.07, 6.45) is 0. The Bertz CT molecular complexity index is 3330. The molecule has 60 heavy (non-hydrogen) atoms. The SMILES string of the molecule is CC1(C)c2ccccc2-c2c(N(c3cc(-c4ccccc4)c4ccc(-n5c6ccccc6c6ccccc65)cc4c3)c3cccc4c3C(C)(C)c3ccccc3-4)cccc21. The number of anilines is 3. The Morgan fingerprint density at radius 2 is 0.983 bits per heavy atom. The van der Waals surface area contributed by atoms with Gasteiger partial charge >= 0.3 is 0 Å². The molecule has 0 N–H and O–H groups in total. The molecule has 0 aliphatic heterocycles. The Labute approximate surface area is 351 Å². The minimum Gasteiger partial charge on any atom is -0.309 e. The van der Waals surface area contributed by atoms with Gasteiger partial charge in [0.15, 0.2) is 0 Å². The zero-order valence-electron chi connectivity index (χ0n) is 34.4. The lowest BCUT2D eigenvalue weighted by Crippen LogP contribution is -2.21. The van der Waals surface area contributed by atoms with Gasteiger partial charge in [-0.3, -0.25) is 0 Å². The van der Waals surface area contributed by atoms with Crippen molar-refractivity contribution in [2.75, 3.05) is 4.90 Å². The molecule has 0 fully saturated rings. The lowest BCUT2D eigenvalue weighted by atomic mass is 9.81. The Kier molecular flexibility index (Phi) is 7.36. The highest BCUT2D eigenvalue weighted by Crippen LogP contribution is 2.58. The highest BCUT2D eigenvalue weighted by molar-refractivity contribution is 6.10. The monoisotopic (exact) mass is 768 g/mol. The van der Waals surface area contributed by atoms with Gasteiger partial charge < -0.3 is 9.47 Å². The van der Waals surface area contributed by atoms with Crippen molar-refractivity contribution in [2.45, 2.75) is 38.5 Å². The number of fused-ring (bicyclic) bond motifs is 10. The molecule has 1 aromatic heterocycles. The van der Waals surface area contributed by atoms with Crippen molar-refractivity contribution in [3.8, 4) is 39.1 Å². The van der Waals surface area contributed by atoms with E-state index < -0.39 is 0 Å². The molecule has 2 nitrogen and oxygen atoms in total. The predicted molar refractivity (Wildman–Crippen MR) is 254 cm³/mol. The fourth-order valence-electron chi connectivity index (χ4n) is 11.0. The van der Waals surface area contributed by atoms with E-state index in [-0.39, 0.29) is 10.8 Å². The van der Waals surface area contributed by atoms with E-state index in [1.165, 1.54) is 99.6 Å². The Morgan fingerprint density at radius 3 is 1.73 bits per heavy atom. The third kappa shape index (κ3) is 4.82. The third-order valence-electron chi connectivity index (χ3n) is 13.7. The van der Waals surface area contributed by atoms with Crippen molar-refractivity contribution in [2.24, 2.45) is 0 Å². The Morgan fingerprint density at radius 1 is 0.400 bits per heavy atom. The molecule has 1 heterocycles. The number of rotatable bonds is 5. The second-order valence-corrected chi connectivity index (χ2v) is 17.7. The van der Waals surface area contributed by atoms with E-state index in [1.807, 2.05) is 0 Å². The topological polar surface area (TPSA) is 8.17 Å². The molecule has 0 amide bonds. The zero-order valence-corrected chi connectivity index (χ0v) is 34.4. The average molecular weight is 769 g/mol. The second kappa shape index (κ2) is 12.7. The number of hydrogen-bond donors (Lipinski definition) is 0. The predicted octanol–water partition coefficient (Wildman–Crippen LogP) is 15.7. The van der Waals surface area contributed by atoms with Gasteiger partial charge in [0, 0.05) is 38.5 Å². The summed E-state index contributed by atoms with van der Waals surface area (Å²) < 4.78 is 2.43. The normalized spacial score (nSPS) is 14.3. The lowest BCUT2D eigenvalue weighted by molar-refractivity contribution is 0.659. The second-order valence-electron chi connectivity index (χ2n) is 17.7.